The molecule has 0 aliphatic carbocycles. The van der Waals surface area contributed by atoms with Gasteiger partial charge in [0.25, 0.3) is 0 Å². The van der Waals surface area contributed by atoms with E-state index in [1.165, 1.54) is 12.1 Å². The van der Waals surface area contributed by atoms with E-state index in [2.05, 4.69) is 4.98 Å². The molecule has 0 saturated heterocycles. The smallest absolute Gasteiger partial charge is 0.123 e. The fraction of sp³-hybridized carbons (Fsp3) is 0.0833. The van der Waals surface area contributed by atoms with Crippen LogP contribution in [0.1, 0.15) is 17.4 Å². The summed E-state index contributed by atoms with van der Waals surface area (Å²) >= 11 is 0. The van der Waals surface area contributed by atoms with Gasteiger partial charge in [-0.25, -0.2) is 4.39 Å². The first-order valence-electron chi connectivity index (χ1n) is 4.62. The van der Waals surface area contributed by atoms with Gasteiger partial charge >= 0.3 is 0 Å². The number of hydrogen-bond acceptors (Lipinski definition) is 2. The number of aliphatic hydroxyl groups is 1. The zero-order valence-corrected chi connectivity index (χ0v) is 7.97. The van der Waals surface area contributed by atoms with Crippen LogP contribution in [0.25, 0.3) is 0 Å². The van der Waals surface area contributed by atoms with Gasteiger partial charge in [0.1, 0.15) is 11.9 Å². The molecule has 1 aromatic heterocycles. The van der Waals surface area contributed by atoms with Gasteiger partial charge in [0.05, 0.1) is 5.69 Å². The topological polar surface area (TPSA) is 33.1 Å². The molecule has 15 heavy (non-hydrogen) atoms. The standard InChI is InChI=1S/C12H10FNO/c13-10-6-4-9(5-7-10)12(15)11-3-1-2-8-14-11/h1-8,12,15H/t12-/m0/s1. The van der Waals surface area contributed by atoms with Gasteiger partial charge in [0.15, 0.2) is 0 Å². The Hall–Kier alpha value is -1.74. The second-order valence-electron chi connectivity index (χ2n) is 3.21. The third-order valence-electron chi connectivity index (χ3n) is 2.15. The summed E-state index contributed by atoms with van der Waals surface area (Å²) in [5, 5.41) is 9.90. The molecule has 0 amide bonds. The highest BCUT2D eigenvalue weighted by Crippen LogP contribution is 2.19. The van der Waals surface area contributed by atoms with Crippen LogP contribution in [-0.4, -0.2) is 10.1 Å². The SMILES string of the molecule is O[C@@H](c1ccc(F)cc1)c1ccccn1. The first-order valence-corrected chi connectivity index (χ1v) is 4.62. The molecule has 2 rings (SSSR count). The van der Waals surface area contributed by atoms with Crippen molar-refractivity contribution >= 4 is 0 Å². The molecular formula is C12H10FNO. The summed E-state index contributed by atoms with van der Waals surface area (Å²) in [4.78, 5) is 4.03. The van der Waals surface area contributed by atoms with E-state index >= 15 is 0 Å². The van der Waals surface area contributed by atoms with Gasteiger partial charge in [0.2, 0.25) is 0 Å². The highest BCUT2D eigenvalue weighted by Gasteiger charge is 2.10. The Kier molecular flexibility index (Phi) is 2.74. The van der Waals surface area contributed by atoms with Crippen LogP contribution in [0.5, 0.6) is 0 Å². The molecule has 0 unspecified atom stereocenters. The van der Waals surface area contributed by atoms with E-state index < -0.39 is 6.10 Å². The second-order valence-corrected chi connectivity index (χ2v) is 3.21. The fourth-order valence-electron chi connectivity index (χ4n) is 1.35. The lowest BCUT2D eigenvalue weighted by molar-refractivity contribution is 0.215. The van der Waals surface area contributed by atoms with E-state index in [0.717, 1.165) is 0 Å². The van der Waals surface area contributed by atoms with Crippen molar-refractivity contribution in [1.29, 1.82) is 0 Å². The van der Waals surface area contributed by atoms with Crippen molar-refractivity contribution in [2.24, 2.45) is 0 Å². The van der Waals surface area contributed by atoms with Crippen LogP contribution in [0.15, 0.2) is 48.7 Å². The number of hydrogen-bond donors (Lipinski definition) is 1. The predicted molar refractivity (Wildman–Crippen MR) is 54.7 cm³/mol. The highest BCUT2D eigenvalue weighted by molar-refractivity contribution is 5.25. The Morgan fingerprint density at radius 2 is 1.80 bits per heavy atom. The first kappa shape index (κ1) is 9.80. The van der Waals surface area contributed by atoms with Crippen molar-refractivity contribution in [3.8, 4) is 0 Å². The Labute approximate surface area is 87.0 Å². The van der Waals surface area contributed by atoms with E-state index in [0.29, 0.717) is 11.3 Å². The van der Waals surface area contributed by atoms with Gasteiger partial charge in [-0.3, -0.25) is 4.98 Å². The third-order valence-corrected chi connectivity index (χ3v) is 2.15. The Bertz CT molecular complexity index is 427. The second kappa shape index (κ2) is 4.19. The van der Waals surface area contributed by atoms with E-state index in [-0.39, 0.29) is 5.82 Å². The van der Waals surface area contributed by atoms with Crippen molar-refractivity contribution < 1.29 is 9.50 Å². The fourth-order valence-corrected chi connectivity index (χ4v) is 1.35. The van der Waals surface area contributed by atoms with Crippen LogP contribution < -0.4 is 0 Å². The molecule has 0 aliphatic rings. The van der Waals surface area contributed by atoms with Crippen molar-refractivity contribution in [2.45, 2.75) is 6.10 Å². The maximum Gasteiger partial charge on any atom is 0.123 e. The van der Waals surface area contributed by atoms with E-state index in [1.54, 1.807) is 36.5 Å². The number of halogens is 1. The molecule has 2 nitrogen and oxygen atoms in total. The third kappa shape index (κ3) is 2.19. The molecule has 1 N–H and O–H groups in total. The zero-order valence-electron chi connectivity index (χ0n) is 7.97. The molecule has 0 radical (unpaired) electrons. The molecule has 3 heteroatoms. The van der Waals surface area contributed by atoms with Gasteiger partial charge in [-0.2, -0.15) is 0 Å². The maximum absolute atomic E-state index is 12.7. The van der Waals surface area contributed by atoms with Gasteiger partial charge < -0.3 is 5.11 Å². The minimum absolute atomic E-state index is 0.313. The molecule has 1 aromatic carbocycles. The van der Waals surface area contributed by atoms with Crippen LogP contribution >= 0.6 is 0 Å². The summed E-state index contributed by atoms with van der Waals surface area (Å²) in [5.74, 6) is -0.313. The predicted octanol–water partition coefficient (Wildman–Crippen LogP) is 2.30. The molecule has 2 aromatic rings. The molecule has 76 valence electrons. The molecule has 1 atom stereocenters. The van der Waals surface area contributed by atoms with E-state index in [4.69, 9.17) is 0 Å². The quantitative estimate of drug-likeness (QED) is 0.812. The van der Waals surface area contributed by atoms with Crippen LogP contribution in [0.3, 0.4) is 0 Å². The van der Waals surface area contributed by atoms with Gasteiger partial charge in [-0.1, -0.05) is 18.2 Å². The molecule has 0 spiro atoms. The summed E-state index contributed by atoms with van der Waals surface area (Å²) in [6.07, 6.45) is 0.814. The molecule has 0 saturated carbocycles. The Morgan fingerprint density at radius 1 is 1.07 bits per heavy atom. The number of aliphatic hydroxyl groups excluding tert-OH is 1. The van der Waals surface area contributed by atoms with E-state index in [1.807, 2.05) is 0 Å². The zero-order chi connectivity index (χ0) is 10.7. The highest BCUT2D eigenvalue weighted by atomic mass is 19.1. The molecule has 0 bridgehead atoms. The maximum atomic E-state index is 12.7. The summed E-state index contributed by atoms with van der Waals surface area (Å²) in [7, 11) is 0. The van der Waals surface area contributed by atoms with Crippen LogP contribution in [0.2, 0.25) is 0 Å². The minimum Gasteiger partial charge on any atom is -0.382 e. The lowest BCUT2D eigenvalue weighted by Crippen LogP contribution is -2.01. The Morgan fingerprint density at radius 3 is 2.40 bits per heavy atom. The van der Waals surface area contributed by atoms with E-state index in [9.17, 15) is 9.50 Å². The Balaban J connectivity index is 2.29. The first-order chi connectivity index (χ1) is 7.27. The number of benzene rings is 1. The van der Waals surface area contributed by atoms with Crippen molar-refractivity contribution in [1.82, 2.24) is 4.98 Å². The molecule has 0 fully saturated rings. The normalized spacial score (nSPS) is 12.4. The average Bonchev–Trinajstić information content (AvgIpc) is 2.30. The molecular weight excluding hydrogens is 193 g/mol. The minimum atomic E-state index is -0.799. The van der Waals surface area contributed by atoms with Gasteiger partial charge in [-0.05, 0) is 29.8 Å². The van der Waals surface area contributed by atoms with Crippen LogP contribution in [0.4, 0.5) is 4.39 Å². The number of nitrogens with zero attached hydrogens (tertiary/aromatic N) is 1. The largest absolute Gasteiger partial charge is 0.382 e. The lowest BCUT2D eigenvalue weighted by atomic mass is 10.1. The van der Waals surface area contributed by atoms with Crippen molar-refractivity contribution in [3.63, 3.8) is 0 Å². The number of pyridine rings is 1. The van der Waals surface area contributed by atoms with Gasteiger partial charge in [-0.15, -0.1) is 0 Å². The number of aromatic nitrogens is 1. The van der Waals surface area contributed by atoms with Gasteiger partial charge in [0, 0.05) is 6.20 Å². The average molecular weight is 203 g/mol. The monoisotopic (exact) mass is 203 g/mol. The summed E-state index contributed by atoms with van der Waals surface area (Å²) in [6.45, 7) is 0. The summed E-state index contributed by atoms with van der Waals surface area (Å²) < 4.78 is 12.7. The van der Waals surface area contributed by atoms with Crippen LogP contribution in [-0.2, 0) is 0 Å². The lowest BCUT2D eigenvalue weighted by Gasteiger charge is -2.09. The molecule has 0 aliphatic heterocycles. The van der Waals surface area contributed by atoms with Crippen molar-refractivity contribution in [2.75, 3.05) is 0 Å². The van der Waals surface area contributed by atoms with Crippen molar-refractivity contribution in [3.05, 3.63) is 65.7 Å². The number of rotatable bonds is 2. The van der Waals surface area contributed by atoms with Crippen LogP contribution in [0, 0.1) is 5.82 Å². The summed E-state index contributed by atoms with van der Waals surface area (Å²) in [5.41, 5.74) is 1.19. The molecule has 1 heterocycles. The summed E-state index contributed by atoms with van der Waals surface area (Å²) in [6, 6.07) is 11.1.